The maximum absolute atomic E-state index is 12.2. The van der Waals surface area contributed by atoms with E-state index in [1.165, 1.54) is 4.90 Å². The molecule has 104 valence electrons. The van der Waals surface area contributed by atoms with Gasteiger partial charge in [-0.05, 0) is 18.8 Å². The van der Waals surface area contributed by atoms with Crippen LogP contribution in [0, 0.1) is 5.92 Å². The summed E-state index contributed by atoms with van der Waals surface area (Å²) in [4.78, 5) is 28.9. The van der Waals surface area contributed by atoms with Crippen LogP contribution in [-0.2, 0) is 4.79 Å². The van der Waals surface area contributed by atoms with Crippen LogP contribution in [0.2, 0.25) is 0 Å². The number of primary amides is 1. The Morgan fingerprint density at radius 2 is 2.16 bits per heavy atom. The summed E-state index contributed by atoms with van der Waals surface area (Å²) in [6.07, 6.45) is 2.17. The molecule has 1 fully saturated rings. The molecule has 7 nitrogen and oxygen atoms in total. The van der Waals surface area contributed by atoms with Crippen LogP contribution in [0.1, 0.15) is 49.1 Å². The summed E-state index contributed by atoms with van der Waals surface area (Å²) in [7, 11) is 0. The second-order valence-electron chi connectivity index (χ2n) is 5.36. The Kier molecular flexibility index (Phi) is 3.82. The molecule has 1 aliphatic carbocycles. The Bertz CT molecular complexity index is 478. The summed E-state index contributed by atoms with van der Waals surface area (Å²) in [5, 5.41) is 6.72. The highest BCUT2D eigenvalue weighted by Gasteiger charge is 2.29. The molecule has 1 aromatic heterocycles. The van der Waals surface area contributed by atoms with Crippen molar-refractivity contribution in [3.05, 3.63) is 11.6 Å². The maximum Gasteiger partial charge on any atom is 0.294 e. The third-order valence-corrected chi connectivity index (χ3v) is 2.88. The number of carbonyl (C=O) groups excluding carboxylic acids is 2. The number of aromatic amines is 1. The lowest BCUT2D eigenvalue weighted by Crippen LogP contribution is -2.41. The molecule has 1 heterocycles. The Labute approximate surface area is 111 Å². The van der Waals surface area contributed by atoms with Crippen LogP contribution in [-0.4, -0.2) is 45.0 Å². The van der Waals surface area contributed by atoms with E-state index in [0.29, 0.717) is 12.5 Å². The van der Waals surface area contributed by atoms with E-state index in [2.05, 4.69) is 15.2 Å². The molecule has 1 aliphatic rings. The molecule has 1 saturated carbocycles. The van der Waals surface area contributed by atoms with Crippen molar-refractivity contribution in [3.63, 3.8) is 0 Å². The standard InChI is InChI=1S/C12H19N5O2/c1-7(2)5-17(6-9(13)18)12(19)11-14-10(15-16-11)8-3-4-8/h7-8H,3-6H2,1-2H3,(H2,13,18)(H,14,15,16). The van der Waals surface area contributed by atoms with E-state index < -0.39 is 5.91 Å². The minimum atomic E-state index is -0.535. The molecule has 0 saturated heterocycles. The van der Waals surface area contributed by atoms with E-state index in [9.17, 15) is 9.59 Å². The van der Waals surface area contributed by atoms with Gasteiger partial charge in [-0.3, -0.25) is 14.7 Å². The van der Waals surface area contributed by atoms with Crippen LogP contribution in [0.25, 0.3) is 0 Å². The summed E-state index contributed by atoms with van der Waals surface area (Å²) >= 11 is 0. The highest BCUT2D eigenvalue weighted by molar-refractivity contribution is 5.93. The van der Waals surface area contributed by atoms with Gasteiger partial charge >= 0.3 is 0 Å². The third-order valence-electron chi connectivity index (χ3n) is 2.88. The van der Waals surface area contributed by atoms with Gasteiger partial charge in [0.05, 0.1) is 6.54 Å². The molecule has 2 amide bonds. The monoisotopic (exact) mass is 265 g/mol. The van der Waals surface area contributed by atoms with Gasteiger partial charge in [-0.15, -0.1) is 5.10 Å². The predicted molar refractivity (Wildman–Crippen MR) is 68.3 cm³/mol. The zero-order valence-corrected chi connectivity index (χ0v) is 11.2. The van der Waals surface area contributed by atoms with Crippen LogP contribution < -0.4 is 5.73 Å². The zero-order valence-electron chi connectivity index (χ0n) is 11.2. The predicted octanol–water partition coefficient (Wildman–Crippen LogP) is 0.266. The molecule has 2 rings (SSSR count). The van der Waals surface area contributed by atoms with Crippen molar-refractivity contribution in [2.75, 3.05) is 13.1 Å². The van der Waals surface area contributed by atoms with Crippen molar-refractivity contribution in [1.82, 2.24) is 20.1 Å². The van der Waals surface area contributed by atoms with Crippen LogP contribution in [0.15, 0.2) is 0 Å². The molecular formula is C12H19N5O2. The fourth-order valence-corrected chi connectivity index (χ4v) is 1.90. The molecule has 0 bridgehead atoms. The number of H-pyrrole nitrogens is 1. The SMILES string of the molecule is CC(C)CN(CC(N)=O)C(=O)c1n[nH]c(C2CC2)n1. The number of hydrogen-bond donors (Lipinski definition) is 2. The van der Waals surface area contributed by atoms with Crippen molar-refractivity contribution in [2.24, 2.45) is 11.7 Å². The molecule has 3 N–H and O–H groups in total. The van der Waals surface area contributed by atoms with Gasteiger partial charge in [0.1, 0.15) is 5.82 Å². The fourth-order valence-electron chi connectivity index (χ4n) is 1.90. The van der Waals surface area contributed by atoms with Crippen LogP contribution >= 0.6 is 0 Å². The Morgan fingerprint density at radius 1 is 1.47 bits per heavy atom. The molecule has 0 atom stereocenters. The molecular weight excluding hydrogens is 246 g/mol. The largest absolute Gasteiger partial charge is 0.368 e. The maximum atomic E-state index is 12.2. The first-order valence-electron chi connectivity index (χ1n) is 6.47. The van der Waals surface area contributed by atoms with Crippen molar-refractivity contribution in [3.8, 4) is 0 Å². The van der Waals surface area contributed by atoms with E-state index in [0.717, 1.165) is 18.7 Å². The van der Waals surface area contributed by atoms with Crippen molar-refractivity contribution in [2.45, 2.75) is 32.6 Å². The number of nitrogens with one attached hydrogen (secondary N) is 1. The first kappa shape index (κ1) is 13.5. The minimum absolute atomic E-state index is 0.107. The summed E-state index contributed by atoms with van der Waals surface area (Å²) in [6, 6.07) is 0. The van der Waals surface area contributed by atoms with E-state index in [1.807, 2.05) is 13.8 Å². The van der Waals surface area contributed by atoms with Crippen molar-refractivity contribution >= 4 is 11.8 Å². The molecule has 0 aromatic carbocycles. The van der Waals surface area contributed by atoms with Gasteiger partial charge < -0.3 is 10.6 Å². The van der Waals surface area contributed by atoms with Crippen LogP contribution in [0.5, 0.6) is 0 Å². The topological polar surface area (TPSA) is 105 Å². The van der Waals surface area contributed by atoms with Gasteiger partial charge in [0.15, 0.2) is 0 Å². The minimum Gasteiger partial charge on any atom is -0.368 e. The summed E-state index contributed by atoms with van der Waals surface area (Å²) in [5.74, 6) is 0.632. The highest BCUT2D eigenvalue weighted by Crippen LogP contribution is 2.37. The second kappa shape index (κ2) is 5.38. The molecule has 0 unspecified atom stereocenters. The van der Waals surface area contributed by atoms with Crippen LogP contribution in [0.4, 0.5) is 0 Å². The number of nitrogens with zero attached hydrogens (tertiary/aromatic N) is 3. The quantitative estimate of drug-likeness (QED) is 0.769. The molecule has 0 aliphatic heterocycles. The van der Waals surface area contributed by atoms with Gasteiger partial charge in [0, 0.05) is 12.5 Å². The number of rotatable bonds is 6. The van der Waals surface area contributed by atoms with E-state index in [1.54, 1.807) is 0 Å². The average Bonchev–Trinajstić information content (AvgIpc) is 3.04. The summed E-state index contributed by atoms with van der Waals surface area (Å²) in [5.41, 5.74) is 5.17. The zero-order chi connectivity index (χ0) is 14.0. The third kappa shape index (κ3) is 3.52. The van der Waals surface area contributed by atoms with Gasteiger partial charge in [-0.2, -0.15) is 0 Å². The number of hydrogen-bond acceptors (Lipinski definition) is 4. The number of amides is 2. The number of aromatic nitrogens is 3. The van der Waals surface area contributed by atoms with Gasteiger partial charge in [0.2, 0.25) is 11.7 Å². The lowest BCUT2D eigenvalue weighted by molar-refractivity contribution is -0.118. The number of nitrogens with two attached hydrogens (primary N) is 1. The van der Waals surface area contributed by atoms with Gasteiger partial charge in [0.25, 0.3) is 5.91 Å². The van der Waals surface area contributed by atoms with Crippen molar-refractivity contribution in [1.29, 1.82) is 0 Å². The Hall–Kier alpha value is -1.92. The number of carbonyl (C=O) groups is 2. The first-order valence-corrected chi connectivity index (χ1v) is 6.47. The molecule has 7 heteroatoms. The fraction of sp³-hybridized carbons (Fsp3) is 0.667. The smallest absolute Gasteiger partial charge is 0.294 e. The average molecular weight is 265 g/mol. The Balaban J connectivity index is 2.09. The molecule has 19 heavy (non-hydrogen) atoms. The second-order valence-corrected chi connectivity index (χ2v) is 5.36. The first-order chi connectivity index (χ1) is 8.97. The normalized spacial score (nSPS) is 14.7. The lowest BCUT2D eigenvalue weighted by Gasteiger charge is -2.21. The van der Waals surface area contributed by atoms with E-state index in [-0.39, 0.29) is 24.2 Å². The highest BCUT2D eigenvalue weighted by atomic mass is 16.2. The van der Waals surface area contributed by atoms with E-state index >= 15 is 0 Å². The lowest BCUT2D eigenvalue weighted by atomic mass is 10.2. The molecule has 1 aromatic rings. The molecule has 0 radical (unpaired) electrons. The summed E-state index contributed by atoms with van der Waals surface area (Å²) in [6.45, 7) is 4.28. The summed E-state index contributed by atoms with van der Waals surface area (Å²) < 4.78 is 0. The van der Waals surface area contributed by atoms with Crippen LogP contribution in [0.3, 0.4) is 0 Å². The molecule has 0 spiro atoms. The van der Waals surface area contributed by atoms with Gasteiger partial charge in [-0.1, -0.05) is 13.8 Å². The Morgan fingerprint density at radius 3 is 2.68 bits per heavy atom. The van der Waals surface area contributed by atoms with E-state index in [4.69, 9.17) is 5.73 Å². The van der Waals surface area contributed by atoms with Gasteiger partial charge in [-0.25, -0.2) is 4.98 Å². The van der Waals surface area contributed by atoms with Crippen molar-refractivity contribution < 1.29 is 9.59 Å².